The molecule has 0 aliphatic carbocycles. The molecule has 0 unspecified atom stereocenters. The van der Waals surface area contributed by atoms with Crippen LogP contribution >= 0.6 is 12.2 Å². The van der Waals surface area contributed by atoms with Crippen molar-refractivity contribution in [3.8, 4) is 0 Å². The maximum Gasteiger partial charge on any atom is 0.341 e. The monoisotopic (exact) mass is 271 g/mol. The van der Waals surface area contributed by atoms with Gasteiger partial charge in [0, 0.05) is 10.6 Å². The third kappa shape index (κ3) is 6.15. The van der Waals surface area contributed by atoms with Crippen molar-refractivity contribution in [1.82, 2.24) is 0 Å². The highest BCUT2D eigenvalue weighted by Gasteiger charge is 2.18. The standard InChI is InChI=1S/C14H25NO2S/c1-4-7-8-9-10-17-14(16)13(11(15)5-2)12(18)6-3/h4-10,15H2,1-3H3. The molecular formula is C14H25NO2S. The van der Waals surface area contributed by atoms with Gasteiger partial charge in [-0.15, -0.1) is 0 Å². The fourth-order valence-electron chi connectivity index (χ4n) is 1.54. The summed E-state index contributed by atoms with van der Waals surface area (Å²) in [6, 6.07) is 0. The van der Waals surface area contributed by atoms with Crippen LogP contribution in [0.15, 0.2) is 11.3 Å². The van der Waals surface area contributed by atoms with E-state index in [2.05, 4.69) is 6.92 Å². The number of esters is 1. The topological polar surface area (TPSA) is 52.3 Å². The number of unbranched alkanes of at least 4 members (excludes halogenated alkanes) is 3. The van der Waals surface area contributed by atoms with Crippen molar-refractivity contribution in [2.45, 2.75) is 59.3 Å². The minimum absolute atomic E-state index is 0.363. The largest absolute Gasteiger partial charge is 0.462 e. The lowest BCUT2D eigenvalue weighted by Crippen LogP contribution is -2.20. The summed E-state index contributed by atoms with van der Waals surface area (Å²) in [6.07, 6.45) is 5.57. The summed E-state index contributed by atoms with van der Waals surface area (Å²) in [5, 5.41) is 0. The van der Waals surface area contributed by atoms with Crippen molar-refractivity contribution < 1.29 is 9.53 Å². The summed E-state index contributed by atoms with van der Waals surface area (Å²) in [5.74, 6) is -0.363. The van der Waals surface area contributed by atoms with Gasteiger partial charge < -0.3 is 10.5 Å². The number of carbonyl (C=O) groups is 1. The van der Waals surface area contributed by atoms with Crippen molar-refractivity contribution >= 4 is 23.1 Å². The van der Waals surface area contributed by atoms with E-state index in [0.29, 0.717) is 35.6 Å². The number of thiocarbonyl (C=S) groups is 1. The molecule has 0 bridgehead atoms. The highest BCUT2D eigenvalue weighted by atomic mass is 32.1. The molecule has 0 fully saturated rings. The third-order valence-electron chi connectivity index (χ3n) is 2.74. The quantitative estimate of drug-likeness (QED) is 0.302. The van der Waals surface area contributed by atoms with Crippen LogP contribution in [-0.2, 0) is 9.53 Å². The summed E-state index contributed by atoms with van der Waals surface area (Å²) >= 11 is 5.18. The van der Waals surface area contributed by atoms with E-state index in [1.165, 1.54) is 12.8 Å². The summed E-state index contributed by atoms with van der Waals surface area (Å²) < 4.78 is 5.23. The maximum absolute atomic E-state index is 11.9. The Labute approximate surface area is 116 Å². The fourth-order valence-corrected chi connectivity index (χ4v) is 1.76. The van der Waals surface area contributed by atoms with Crippen LogP contribution in [0.1, 0.15) is 59.3 Å². The van der Waals surface area contributed by atoms with Crippen LogP contribution in [0.5, 0.6) is 0 Å². The molecule has 104 valence electrons. The first kappa shape index (κ1) is 17.1. The molecule has 0 radical (unpaired) electrons. The molecule has 0 aliphatic heterocycles. The van der Waals surface area contributed by atoms with Crippen LogP contribution in [0.4, 0.5) is 0 Å². The highest BCUT2D eigenvalue weighted by molar-refractivity contribution is 7.81. The lowest BCUT2D eigenvalue weighted by atomic mass is 10.1. The molecule has 0 spiro atoms. The molecule has 0 saturated heterocycles. The minimum Gasteiger partial charge on any atom is -0.462 e. The van der Waals surface area contributed by atoms with Crippen molar-refractivity contribution in [2.75, 3.05) is 6.61 Å². The van der Waals surface area contributed by atoms with Crippen LogP contribution in [0.2, 0.25) is 0 Å². The van der Waals surface area contributed by atoms with E-state index in [4.69, 9.17) is 22.7 Å². The van der Waals surface area contributed by atoms with E-state index < -0.39 is 0 Å². The van der Waals surface area contributed by atoms with Gasteiger partial charge in [-0.1, -0.05) is 52.3 Å². The second-order valence-electron chi connectivity index (χ2n) is 4.23. The highest BCUT2D eigenvalue weighted by Crippen LogP contribution is 2.11. The normalized spacial score (nSPS) is 11.9. The lowest BCUT2D eigenvalue weighted by molar-refractivity contribution is -0.138. The molecule has 18 heavy (non-hydrogen) atoms. The molecule has 0 heterocycles. The summed E-state index contributed by atoms with van der Waals surface area (Å²) in [6.45, 7) is 6.42. The Hall–Kier alpha value is -0.900. The van der Waals surface area contributed by atoms with Crippen LogP contribution in [-0.4, -0.2) is 17.4 Å². The Kier molecular flexibility index (Phi) is 9.56. The molecule has 0 atom stereocenters. The number of allylic oxidation sites excluding steroid dienone is 1. The Morgan fingerprint density at radius 3 is 2.28 bits per heavy atom. The Morgan fingerprint density at radius 1 is 1.11 bits per heavy atom. The van der Waals surface area contributed by atoms with E-state index in [-0.39, 0.29) is 5.97 Å². The minimum atomic E-state index is -0.363. The molecular weight excluding hydrogens is 246 g/mol. The predicted octanol–water partition coefficient (Wildman–Crippen LogP) is 3.51. The molecule has 0 aliphatic rings. The third-order valence-corrected chi connectivity index (χ3v) is 3.23. The number of rotatable bonds is 9. The summed E-state index contributed by atoms with van der Waals surface area (Å²) in [5.41, 5.74) is 6.77. The molecule has 0 aromatic rings. The van der Waals surface area contributed by atoms with Gasteiger partial charge in [0.15, 0.2) is 0 Å². The number of hydrogen-bond acceptors (Lipinski definition) is 4. The van der Waals surface area contributed by atoms with Crippen LogP contribution in [0, 0.1) is 0 Å². The predicted molar refractivity (Wildman–Crippen MR) is 79.5 cm³/mol. The smallest absolute Gasteiger partial charge is 0.341 e. The van der Waals surface area contributed by atoms with Gasteiger partial charge in [0.2, 0.25) is 0 Å². The van der Waals surface area contributed by atoms with Gasteiger partial charge in [-0.05, 0) is 19.3 Å². The van der Waals surface area contributed by atoms with E-state index in [1.54, 1.807) is 0 Å². The van der Waals surface area contributed by atoms with Gasteiger partial charge in [-0.3, -0.25) is 0 Å². The number of nitrogens with two attached hydrogens (primary N) is 1. The molecule has 0 rings (SSSR count). The zero-order valence-electron chi connectivity index (χ0n) is 11.8. The van der Waals surface area contributed by atoms with E-state index in [0.717, 1.165) is 12.8 Å². The Balaban J connectivity index is 4.38. The van der Waals surface area contributed by atoms with Crippen LogP contribution in [0.3, 0.4) is 0 Å². The van der Waals surface area contributed by atoms with Crippen LogP contribution < -0.4 is 5.73 Å². The van der Waals surface area contributed by atoms with Crippen molar-refractivity contribution in [1.29, 1.82) is 0 Å². The first-order valence-corrected chi connectivity index (χ1v) is 7.18. The second kappa shape index (κ2) is 10.1. The van der Waals surface area contributed by atoms with Gasteiger partial charge in [0.1, 0.15) is 0 Å². The van der Waals surface area contributed by atoms with Crippen LogP contribution in [0.25, 0.3) is 0 Å². The summed E-state index contributed by atoms with van der Waals surface area (Å²) in [7, 11) is 0. The van der Waals surface area contributed by atoms with E-state index >= 15 is 0 Å². The molecule has 3 nitrogen and oxygen atoms in total. The molecule has 0 aromatic carbocycles. The average molecular weight is 271 g/mol. The molecule has 4 heteroatoms. The first-order chi connectivity index (χ1) is 8.58. The van der Waals surface area contributed by atoms with E-state index in [1.807, 2.05) is 13.8 Å². The number of carbonyl (C=O) groups excluding carboxylic acids is 1. The van der Waals surface area contributed by atoms with Gasteiger partial charge in [-0.2, -0.15) is 0 Å². The lowest BCUT2D eigenvalue weighted by Gasteiger charge is -2.11. The fraction of sp³-hybridized carbons (Fsp3) is 0.714. The summed E-state index contributed by atoms with van der Waals surface area (Å²) in [4.78, 5) is 12.5. The molecule has 0 saturated carbocycles. The zero-order chi connectivity index (χ0) is 14.0. The number of ether oxygens (including phenoxy) is 1. The van der Waals surface area contributed by atoms with Crippen molar-refractivity contribution in [3.05, 3.63) is 11.3 Å². The second-order valence-corrected chi connectivity index (χ2v) is 4.72. The molecule has 2 N–H and O–H groups in total. The van der Waals surface area contributed by atoms with Crippen molar-refractivity contribution in [2.24, 2.45) is 5.73 Å². The van der Waals surface area contributed by atoms with Gasteiger partial charge >= 0.3 is 5.97 Å². The van der Waals surface area contributed by atoms with Crippen molar-refractivity contribution in [3.63, 3.8) is 0 Å². The molecule has 0 aromatic heterocycles. The first-order valence-electron chi connectivity index (χ1n) is 6.77. The zero-order valence-corrected chi connectivity index (χ0v) is 12.6. The molecule has 0 amide bonds. The average Bonchev–Trinajstić information content (AvgIpc) is 2.38. The van der Waals surface area contributed by atoms with E-state index in [9.17, 15) is 4.79 Å². The maximum atomic E-state index is 11.9. The van der Waals surface area contributed by atoms with Gasteiger partial charge in [-0.25, -0.2) is 4.79 Å². The Bertz CT molecular complexity index is 311. The van der Waals surface area contributed by atoms with Gasteiger partial charge in [0.25, 0.3) is 0 Å². The Morgan fingerprint density at radius 2 is 1.78 bits per heavy atom. The SMILES string of the molecule is CCCCCCOC(=O)C(C(=S)CC)=C(N)CC. The number of hydrogen-bond donors (Lipinski definition) is 1. The van der Waals surface area contributed by atoms with Gasteiger partial charge in [0.05, 0.1) is 12.2 Å².